The van der Waals surface area contributed by atoms with Gasteiger partial charge in [0.25, 0.3) is 0 Å². The smallest absolute Gasteiger partial charge is 0.338 e. The highest BCUT2D eigenvalue weighted by Gasteiger charge is 2.34. The average molecular weight is 489 g/mol. The number of hydrogen-bond donors (Lipinski definition) is 0. The first-order valence-corrected chi connectivity index (χ1v) is 13.1. The highest BCUT2D eigenvalue weighted by Crippen LogP contribution is 2.52. The zero-order chi connectivity index (χ0) is 21.6. The van der Waals surface area contributed by atoms with Gasteiger partial charge in [0.2, 0.25) is 0 Å². The molecule has 0 aliphatic heterocycles. The van der Waals surface area contributed by atoms with Gasteiger partial charge in [0.15, 0.2) is 0 Å². The fourth-order valence-electron chi connectivity index (χ4n) is 3.99. The van der Waals surface area contributed by atoms with Gasteiger partial charge in [0.05, 0.1) is 24.9 Å². The summed E-state index contributed by atoms with van der Waals surface area (Å²) in [6.45, 7) is 10.8. The minimum absolute atomic E-state index is 0.0409. The number of carbonyl (C=O) groups excluding carboxylic acids is 1. The summed E-state index contributed by atoms with van der Waals surface area (Å²) in [7, 11) is -3.21. The number of carbonyl (C=O) groups is 1. The second-order valence-electron chi connectivity index (χ2n) is 8.18. The fraction of sp³-hybridized carbons (Fsp3) is 0.682. The number of esters is 1. The zero-order valence-electron chi connectivity index (χ0n) is 18.2. The van der Waals surface area contributed by atoms with Crippen molar-refractivity contribution in [3.63, 3.8) is 0 Å². The monoisotopic (exact) mass is 488 g/mol. The summed E-state index contributed by atoms with van der Waals surface area (Å²) in [5, 5.41) is 0. The number of rotatable bonds is 9. The topological polar surface area (TPSA) is 61.8 Å². The predicted molar refractivity (Wildman–Crippen MR) is 119 cm³/mol. The molecular formula is C22H34BrO5P. The molecule has 0 bridgehead atoms. The first-order chi connectivity index (χ1) is 13.7. The fourth-order valence-corrected chi connectivity index (χ4v) is 6.46. The van der Waals surface area contributed by atoms with Crippen molar-refractivity contribution in [2.75, 3.05) is 13.2 Å². The molecule has 2 rings (SSSR count). The molecule has 0 saturated heterocycles. The van der Waals surface area contributed by atoms with Crippen molar-refractivity contribution in [2.24, 2.45) is 17.8 Å². The largest absolute Gasteiger partial charge is 0.458 e. The number of halogens is 1. The summed E-state index contributed by atoms with van der Waals surface area (Å²) in [5.74, 6) is 1.16. The molecule has 5 nitrogen and oxygen atoms in total. The van der Waals surface area contributed by atoms with Crippen LogP contribution in [0.25, 0.3) is 0 Å². The van der Waals surface area contributed by atoms with Crippen LogP contribution in [0.1, 0.15) is 69.8 Å². The van der Waals surface area contributed by atoms with E-state index >= 15 is 0 Å². The highest BCUT2D eigenvalue weighted by molar-refractivity contribution is 9.10. The van der Waals surface area contributed by atoms with E-state index in [-0.39, 0.29) is 18.2 Å². The summed E-state index contributed by atoms with van der Waals surface area (Å²) in [6, 6.07) is 5.24. The van der Waals surface area contributed by atoms with Gasteiger partial charge in [-0.25, -0.2) is 4.79 Å². The van der Waals surface area contributed by atoms with Gasteiger partial charge in [-0.2, -0.15) is 0 Å². The molecule has 0 spiro atoms. The van der Waals surface area contributed by atoms with Crippen LogP contribution in [0.15, 0.2) is 22.7 Å². The van der Waals surface area contributed by atoms with Gasteiger partial charge in [-0.3, -0.25) is 4.57 Å². The van der Waals surface area contributed by atoms with Crippen LogP contribution < -0.4 is 0 Å². The SMILES string of the molecule is CCOP(=O)(Cc1ccc(C(=O)OC2CC(C)CCC2C(C)C)cc1Br)OCC. The standard InChI is InChI=1S/C22H34BrO5P/c1-6-26-29(25,27-7-2)14-18-10-9-17(13-20(18)23)22(24)28-21-12-16(5)8-11-19(21)15(3)4/h9-10,13,15-16,19,21H,6-8,11-12,14H2,1-5H3. The molecule has 0 aromatic heterocycles. The third kappa shape index (κ3) is 6.92. The molecule has 1 aliphatic rings. The molecule has 0 radical (unpaired) electrons. The zero-order valence-corrected chi connectivity index (χ0v) is 20.6. The molecule has 3 atom stereocenters. The number of ether oxygens (including phenoxy) is 1. The second-order valence-corrected chi connectivity index (χ2v) is 11.1. The Morgan fingerprint density at radius 1 is 1.21 bits per heavy atom. The Kier molecular flexibility index (Phi) is 9.40. The van der Waals surface area contributed by atoms with Gasteiger partial charge in [-0.05, 0) is 62.1 Å². The quantitative estimate of drug-likeness (QED) is 0.281. The van der Waals surface area contributed by atoms with Crippen molar-refractivity contribution < 1.29 is 23.1 Å². The molecule has 1 saturated carbocycles. The van der Waals surface area contributed by atoms with Gasteiger partial charge in [0.1, 0.15) is 6.10 Å². The summed E-state index contributed by atoms with van der Waals surface area (Å²) >= 11 is 3.50. The van der Waals surface area contributed by atoms with E-state index in [1.54, 1.807) is 32.0 Å². The molecule has 1 aromatic carbocycles. The summed E-state index contributed by atoms with van der Waals surface area (Å²) in [4.78, 5) is 12.8. The van der Waals surface area contributed by atoms with E-state index in [1.807, 2.05) is 0 Å². The Balaban J connectivity index is 2.12. The van der Waals surface area contributed by atoms with Crippen molar-refractivity contribution in [2.45, 2.75) is 66.1 Å². The maximum absolute atomic E-state index is 12.8. The summed E-state index contributed by atoms with van der Waals surface area (Å²) in [5.41, 5.74) is 1.27. The van der Waals surface area contributed by atoms with Gasteiger partial charge in [-0.1, -0.05) is 49.2 Å². The molecule has 1 fully saturated rings. The first-order valence-electron chi connectivity index (χ1n) is 10.6. The third-order valence-electron chi connectivity index (χ3n) is 5.52. The predicted octanol–water partition coefficient (Wildman–Crippen LogP) is 6.83. The van der Waals surface area contributed by atoms with E-state index in [0.29, 0.717) is 41.0 Å². The molecular weight excluding hydrogens is 455 g/mol. The maximum atomic E-state index is 12.8. The summed E-state index contributed by atoms with van der Waals surface area (Å²) < 4.78 is 30.2. The highest BCUT2D eigenvalue weighted by atomic mass is 79.9. The lowest BCUT2D eigenvalue weighted by Crippen LogP contribution is -2.35. The third-order valence-corrected chi connectivity index (χ3v) is 8.29. The Bertz CT molecular complexity index is 726. The van der Waals surface area contributed by atoms with Crippen molar-refractivity contribution in [1.29, 1.82) is 0 Å². The molecule has 7 heteroatoms. The molecule has 0 heterocycles. The van der Waals surface area contributed by atoms with Crippen molar-refractivity contribution in [1.82, 2.24) is 0 Å². The van der Waals surface area contributed by atoms with Crippen LogP contribution in [-0.4, -0.2) is 25.3 Å². The molecule has 1 aliphatic carbocycles. The number of hydrogen-bond acceptors (Lipinski definition) is 5. The van der Waals surface area contributed by atoms with E-state index in [4.69, 9.17) is 13.8 Å². The second kappa shape index (κ2) is 11.1. The van der Waals surface area contributed by atoms with Gasteiger partial charge >= 0.3 is 13.6 Å². The Labute approximate surface area is 183 Å². The molecule has 29 heavy (non-hydrogen) atoms. The maximum Gasteiger partial charge on any atom is 0.338 e. The molecule has 0 amide bonds. The van der Waals surface area contributed by atoms with Crippen LogP contribution in [0.4, 0.5) is 0 Å². The van der Waals surface area contributed by atoms with Crippen LogP contribution in [0.5, 0.6) is 0 Å². The van der Waals surface area contributed by atoms with E-state index in [2.05, 4.69) is 36.7 Å². The molecule has 0 N–H and O–H groups in total. The van der Waals surface area contributed by atoms with Crippen molar-refractivity contribution >= 4 is 29.5 Å². The van der Waals surface area contributed by atoms with Crippen LogP contribution >= 0.6 is 23.5 Å². The van der Waals surface area contributed by atoms with Crippen LogP contribution in [0.2, 0.25) is 0 Å². The van der Waals surface area contributed by atoms with Gasteiger partial charge in [-0.15, -0.1) is 0 Å². The van der Waals surface area contributed by atoms with Crippen LogP contribution in [0.3, 0.4) is 0 Å². The van der Waals surface area contributed by atoms with Crippen LogP contribution in [0, 0.1) is 17.8 Å². The van der Waals surface area contributed by atoms with Gasteiger partial charge < -0.3 is 13.8 Å². The Morgan fingerprint density at radius 3 is 2.41 bits per heavy atom. The summed E-state index contributed by atoms with van der Waals surface area (Å²) in [6.07, 6.45) is 3.32. The van der Waals surface area contributed by atoms with Crippen molar-refractivity contribution in [3.05, 3.63) is 33.8 Å². The lowest BCUT2D eigenvalue weighted by Gasteiger charge is -2.36. The Morgan fingerprint density at radius 2 is 1.86 bits per heavy atom. The molecule has 3 unspecified atom stereocenters. The Hall–Kier alpha value is -0.680. The lowest BCUT2D eigenvalue weighted by atomic mass is 9.75. The van der Waals surface area contributed by atoms with E-state index in [1.165, 1.54) is 6.42 Å². The number of benzene rings is 1. The van der Waals surface area contributed by atoms with E-state index in [9.17, 15) is 9.36 Å². The molecule has 1 aromatic rings. The normalized spacial score (nSPS) is 22.7. The van der Waals surface area contributed by atoms with E-state index < -0.39 is 7.60 Å². The van der Waals surface area contributed by atoms with Crippen molar-refractivity contribution in [3.8, 4) is 0 Å². The van der Waals surface area contributed by atoms with Crippen LogP contribution in [-0.2, 0) is 24.5 Å². The first kappa shape index (κ1) is 24.6. The molecule has 164 valence electrons. The average Bonchev–Trinajstić information content (AvgIpc) is 2.63. The van der Waals surface area contributed by atoms with E-state index in [0.717, 1.165) is 18.4 Å². The lowest BCUT2D eigenvalue weighted by molar-refractivity contribution is -0.0174. The minimum Gasteiger partial charge on any atom is -0.458 e. The minimum atomic E-state index is -3.21. The van der Waals surface area contributed by atoms with Gasteiger partial charge in [0, 0.05) is 4.47 Å².